The molecule has 0 aromatic carbocycles. The smallest absolute Gasteiger partial charge is 0.0695 e. The van der Waals surface area contributed by atoms with Crippen LogP contribution in [0, 0.1) is 11.3 Å². The Balaban J connectivity index is 1.55. The summed E-state index contributed by atoms with van der Waals surface area (Å²) in [4.78, 5) is 2.66. The molecule has 1 saturated heterocycles. The van der Waals surface area contributed by atoms with Crippen molar-refractivity contribution in [2.45, 2.75) is 96.1 Å². The molecule has 1 N–H and O–H groups in total. The van der Waals surface area contributed by atoms with Crippen molar-refractivity contribution in [1.82, 2.24) is 4.90 Å². The molecule has 3 unspecified atom stereocenters. The molecule has 0 aromatic rings. The molecule has 1 aliphatic heterocycles. The molecule has 21 heavy (non-hydrogen) atoms. The second-order valence-corrected chi connectivity index (χ2v) is 8.20. The van der Waals surface area contributed by atoms with Crippen LogP contribution in [0.3, 0.4) is 0 Å². The highest BCUT2D eigenvalue weighted by Gasteiger charge is 2.40. The Labute approximate surface area is 131 Å². The molecule has 0 bridgehead atoms. The minimum atomic E-state index is -0.0569. The average molecular weight is 293 g/mol. The van der Waals surface area contributed by atoms with Gasteiger partial charge in [0.1, 0.15) is 0 Å². The summed E-state index contributed by atoms with van der Waals surface area (Å²) < 4.78 is 0. The molecule has 122 valence electrons. The first kappa shape index (κ1) is 15.8. The number of likely N-dealkylation sites (tertiary alicyclic amines) is 1. The van der Waals surface area contributed by atoms with Crippen molar-refractivity contribution < 1.29 is 5.11 Å². The Hall–Kier alpha value is -0.0800. The Morgan fingerprint density at radius 3 is 2.38 bits per heavy atom. The molecule has 2 saturated carbocycles. The van der Waals surface area contributed by atoms with Crippen molar-refractivity contribution >= 4 is 0 Å². The van der Waals surface area contributed by atoms with E-state index < -0.39 is 0 Å². The van der Waals surface area contributed by atoms with Gasteiger partial charge in [0.25, 0.3) is 0 Å². The number of aliphatic hydroxyl groups excluding tert-OH is 1. The van der Waals surface area contributed by atoms with Crippen molar-refractivity contribution in [2.75, 3.05) is 13.1 Å². The van der Waals surface area contributed by atoms with Crippen molar-refractivity contribution in [1.29, 1.82) is 0 Å². The van der Waals surface area contributed by atoms with E-state index in [-0.39, 0.29) is 6.10 Å². The van der Waals surface area contributed by atoms with Crippen LogP contribution in [0.4, 0.5) is 0 Å². The molecule has 2 aliphatic carbocycles. The fourth-order valence-corrected chi connectivity index (χ4v) is 5.41. The lowest BCUT2D eigenvalue weighted by molar-refractivity contribution is -0.0323. The summed E-state index contributed by atoms with van der Waals surface area (Å²) in [5, 5.41) is 10.5. The third-order valence-corrected chi connectivity index (χ3v) is 6.83. The average Bonchev–Trinajstić information content (AvgIpc) is 2.51. The second-order valence-electron chi connectivity index (χ2n) is 8.20. The Morgan fingerprint density at radius 1 is 1.00 bits per heavy atom. The van der Waals surface area contributed by atoms with Crippen LogP contribution >= 0.6 is 0 Å². The van der Waals surface area contributed by atoms with Crippen molar-refractivity contribution in [3.63, 3.8) is 0 Å². The molecular formula is C19H35NO. The van der Waals surface area contributed by atoms with Gasteiger partial charge < -0.3 is 5.11 Å². The maximum Gasteiger partial charge on any atom is 0.0695 e. The lowest BCUT2D eigenvalue weighted by Crippen LogP contribution is -2.52. The standard InChI is InChI=1S/C19H35NO/c1-2-6-16-7-8-18(21)17(15-16)20-13-11-19(12-14-20)9-4-3-5-10-19/h16-18,21H,2-15H2,1H3. The van der Waals surface area contributed by atoms with Gasteiger partial charge in [-0.2, -0.15) is 0 Å². The van der Waals surface area contributed by atoms with Crippen LogP contribution in [0.5, 0.6) is 0 Å². The maximum atomic E-state index is 10.5. The third kappa shape index (κ3) is 3.64. The first-order valence-corrected chi connectivity index (χ1v) is 9.64. The predicted molar refractivity (Wildman–Crippen MR) is 88.4 cm³/mol. The summed E-state index contributed by atoms with van der Waals surface area (Å²) in [7, 11) is 0. The number of hydrogen-bond acceptors (Lipinski definition) is 2. The third-order valence-electron chi connectivity index (χ3n) is 6.83. The summed E-state index contributed by atoms with van der Waals surface area (Å²) in [6.07, 6.45) is 16.3. The van der Waals surface area contributed by atoms with E-state index in [0.717, 1.165) is 12.3 Å². The van der Waals surface area contributed by atoms with Crippen molar-refractivity contribution in [2.24, 2.45) is 11.3 Å². The van der Waals surface area contributed by atoms with Crippen molar-refractivity contribution in [3.05, 3.63) is 0 Å². The minimum absolute atomic E-state index is 0.0569. The van der Waals surface area contributed by atoms with Crippen LogP contribution in [-0.4, -0.2) is 35.2 Å². The minimum Gasteiger partial charge on any atom is -0.391 e. The van der Waals surface area contributed by atoms with Gasteiger partial charge in [-0.1, -0.05) is 39.0 Å². The van der Waals surface area contributed by atoms with Crippen LogP contribution in [0.1, 0.15) is 84.0 Å². The highest BCUT2D eigenvalue weighted by atomic mass is 16.3. The molecule has 3 aliphatic rings. The van der Waals surface area contributed by atoms with Gasteiger partial charge in [0.2, 0.25) is 0 Å². The lowest BCUT2D eigenvalue weighted by Gasteiger charge is -2.49. The largest absolute Gasteiger partial charge is 0.391 e. The molecule has 0 aromatic heterocycles. The SMILES string of the molecule is CCCC1CCC(O)C(N2CCC3(CCCCC3)CC2)C1. The topological polar surface area (TPSA) is 23.5 Å². The highest BCUT2D eigenvalue weighted by molar-refractivity contribution is 4.93. The van der Waals surface area contributed by atoms with Crippen LogP contribution < -0.4 is 0 Å². The summed E-state index contributed by atoms with van der Waals surface area (Å²) in [5.41, 5.74) is 0.692. The molecule has 1 spiro atoms. The van der Waals surface area contributed by atoms with Gasteiger partial charge in [-0.15, -0.1) is 0 Å². The fraction of sp³-hybridized carbons (Fsp3) is 1.00. The van der Waals surface area contributed by atoms with Crippen LogP contribution in [-0.2, 0) is 0 Å². The maximum absolute atomic E-state index is 10.5. The molecule has 3 rings (SSSR count). The molecule has 3 atom stereocenters. The van der Waals surface area contributed by atoms with Gasteiger partial charge in [0.05, 0.1) is 6.10 Å². The van der Waals surface area contributed by atoms with E-state index in [1.165, 1.54) is 83.7 Å². The fourth-order valence-electron chi connectivity index (χ4n) is 5.41. The lowest BCUT2D eigenvalue weighted by atomic mass is 9.67. The molecule has 0 amide bonds. The van der Waals surface area contributed by atoms with Crippen LogP contribution in [0.25, 0.3) is 0 Å². The number of aliphatic hydroxyl groups is 1. The molecule has 2 heteroatoms. The number of rotatable bonds is 3. The van der Waals surface area contributed by atoms with E-state index in [1.807, 2.05) is 0 Å². The predicted octanol–water partition coefficient (Wildman–Crippen LogP) is 4.36. The Bertz CT molecular complexity index is 314. The molecule has 3 fully saturated rings. The van der Waals surface area contributed by atoms with Gasteiger partial charge in [0.15, 0.2) is 0 Å². The second kappa shape index (κ2) is 7.00. The van der Waals surface area contributed by atoms with E-state index >= 15 is 0 Å². The Kier molecular flexibility index (Phi) is 5.27. The van der Waals surface area contributed by atoms with Crippen molar-refractivity contribution in [3.8, 4) is 0 Å². The molecule has 2 nitrogen and oxygen atoms in total. The zero-order chi connectivity index (χ0) is 14.7. The number of piperidine rings is 1. The summed E-state index contributed by atoms with van der Waals surface area (Å²) >= 11 is 0. The molecule has 1 heterocycles. The molecule has 0 radical (unpaired) electrons. The normalized spacial score (nSPS) is 37.7. The monoisotopic (exact) mass is 293 g/mol. The zero-order valence-electron chi connectivity index (χ0n) is 14.0. The highest BCUT2D eigenvalue weighted by Crippen LogP contribution is 2.45. The first-order valence-electron chi connectivity index (χ1n) is 9.64. The van der Waals surface area contributed by atoms with Gasteiger partial charge >= 0.3 is 0 Å². The summed E-state index contributed by atoms with van der Waals surface area (Å²) in [6.45, 7) is 4.80. The van der Waals surface area contributed by atoms with Gasteiger partial charge in [-0.05, 0) is 69.4 Å². The van der Waals surface area contributed by atoms with Crippen LogP contribution in [0.2, 0.25) is 0 Å². The number of hydrogen-bond donors (Lipinski definition) is 1. The van der Waals surface area contributed by atoms with Gasteiger partial charge in [-0.3, -0.25) is 4.90 Å². The van der Waals surface area contributed by atoms with Gasteiger partial charge in [0, 0.05) is 6.04 Å². The zero-order valence-corrected chi connectivity index (χ0v) is 14.0. The first-order chi connectivity index (χ1) is 10.2. The van der Waals surface area contributed by atoms with E-state index in [9.17, 15) is 5.11 Å². The van der Waals surface area contributed by atoms with E-state index in [0.29, 0.717) is 11.5 Å². The van der Waals surface area contributed by atoms with Gasteiger partial charge in [-0.25, -0.2) is 0 Å². The van der Waals surface area contributed by atoms with Crippen LogP contribution in [0.15, 0.2) is 0 Å². The van der Waals surface area contributed by atoms with E-state index in [2.05, 4.69) is 11.8 Å². The number of nitrogens with zero attached hydrogens (tertiary/aromatic N) is 1. The Morgan fingerprint density at radius 2 is 1.71 bits per heavy atom. The summed E-state index contributed by atoms with van der Waals surface area (Å²) in [6, 6.07) is 0.469. The summed E-state index contributed by atoms with van der Waals surface area (Å²) in [5.74, 6) is 0.869. The molecular weight excluding hydrogens is 258 g/mol. The van der Waals surface area contributed by atoms with E-state index in [1.54, 1.807) is 0 Å². The van der Waals surface area contributed by atoms with E-state index in [4.69, 9.17) is 0 Å². The quantitative estimate of drug-likeness (QED) is 0.835.